The van der Waals surface area contributed by atoms with Crippen LogP contribution in [0, 0.1) is 20.8 Å². The third-order valence-corrected chi connectivity index (χ3v) is 4.68. The molecule has 2 N–H and O–H groups in total. The van der Waals surface area contributed by atoms with Crippen LogP contribution in [0.25, 0.3) is 0 Å². The summed E-state index contributed by atoms with van der Waals surface area (Å²) in [6, 6.07) is 15.3. The monoisotopic (exact) mass is 373 g/mol. The lowest BCUT2D eigenvalue weighted by atomic mass is 10.1. The lowest BCUT2D eigenvalue weighted by Crippen LogP contribution is -2.24. The van der Waals surface area contributed by atoms with Gasteiger partial charge < -0.3 is 10.6 Å². The molecule has 5 heteroatoms. The van der Waals surface area contributed by atoms with Crippen molar-refractivity contribution in [3.05, 3.63) is 94.3 Å². The number of pyridine rings is 1. The predicted molar refractivity (Wildman–Crippen MR) is 110 cm³/mol. The van der Waals surface area contributed by atoms with Crippen LogP contribution in [0.3, 0.4) is 0 Å². The van der Waals surface area contributed by atoms with Crippen molar-refractivity contribution in [2.75, 3.05) is 5.32 Å². The minimum Gasteiger partial charge on any atom is -0.348 e. The second-order valence-corrected chi connectivity index (χ2v) is 6.79. The van der Waals surface area contributed by atoms with Gasteiger partial charge in [-0.2, -0.15) is 0 Å². The summed E-state index contributed by atoms with van der Waals surface area (Å²) < 4.78 is 0. The Balaban J connectivity index is 1.72. The highest BCUT2D eigenvalue weighted by atomic mass is 16.2. The van der Waals surface area contributed by atoms with Crippen molar-refractivity contribution in [3.8, 4) is 0 Å². The van der Waals surface area contributed by atoms with Crippen molar-refractivity contribution in [1.29, 1.82) is 0 Å². The summed E-state index contributed by atoms with van der Waals surface area (Å²) >= 11 is 0. The molecule has 2 amide bonds. The summed E-state index contributed by atoms with van der Waals surface area (Å²) in [6.07, 6.45) is 2.92. The van der Waals surface area contributed by atoms with Gasteiger partial charge in [-0.1, -0.05) is 42.5 Å². The minimum atomic E-state index is -0.293. The van der Waals surface area contributed by atoms with E-state index >= 15 is 0 Å². The van der Waals surface area contributed by atoms with E-state index in [1.807, 2.05) is 63.2 Å². The highest BCUT2D eigenvalue weighted by molar-refractivity contribution is 6.06. The Kier molecular flexibility index (Phi) is 5.84. The number of aryl methyl sites for hydroxylation is 3. The standard InChI is InChI=1S/C23H23N3O2/c1-15-7-4-5-10-18(15)14-25-22(27)19-11-20(13-24-12-19)23(28)26-21-16(2)8-6-9-17(21)3/h4-13H,14H2,1-3H3,(H,25,27)(H,26,28). The maximum atomic E-state index is 12.6. The Morgan fingerprint density at radius 2 is 1.43 bits per heavy atom. The van der Waals surface area contributed by atoms with Crippen molar-refractivity contribution >= 4 is 17.5 Å². The molecule has 0 aliphatic heterocycles. The lowest BCUT2D eigenvalue weighted by molar-refractivity contribution is 0.0950. The molecule has 1 heterocycles. The van der Waals surface area contributed by atoms with Crippen LogP contribution in [0.4, 0.5) is 5.69 Å². The summed E-state index contributed by atoms with van der Waals surface area (Å²) in [4.78, 5) is 29.2. The topological polar surface area (TPSA) is 71.1 Å². The van der Waals surface area contributed by atoms with Gasteiger partial charge in [-0.05, 0) is 49.1 Å². The predicted octanol–water partition coefficient (Wildman–Crippen LogP) is 4.19. The van der Waals surface area contributed by atoms with Gasteiger partial charge in [0.05, 0.1) is 11.1 Å². The number of amides is 2. The molecule has 0 fully saturated rings. The molecule has 1 aromatic heterocycles. The summed E-state index contributed by atoms with van der Waals surface area (Å²) in [5.41, 5.74) is 5.59. The van der Waals surface area contributed by atoms with E-state index < -0.39 is 0 Å². The van der Waals surface area contributed by atoms with Gasteiger partial charge in [-0.3, -0.25) is 14.6 Å². The first kappa shape index (κ1) is 19.3. The first-order chi connectivity index (χ1) is 13.5. The fourth-order valence-electron chi connectivity index (χ4n) is 2.97. The number of hydrogen-bond donors (Lipinski definition) is 2. The van der Waals surface area contributed by atoms with Crippen LogP contribution in [-0.4, -0.2) is 16.8 Å². The molecular formula is C23H23N3O2. The van der Waals surface area contributed by atoms with E-state index in [1.165, 1.54) is 12.4 Å². The van der Waals surface area contributed by atoms with E-state index in [9.17, 15) is 9.59 Å². The van der Waals surface area contributed by atoms with Crippen LogP contribution in [0.15, 0.2) is 60.9 Å². The minimum absolute atomic E-state index is 0.266. The SMILES string of the molecule is Cc1ccccc1CNC(=O)c1cncc(C(=O)Nc2c(C)cccc2C)c1. The maximum Gasteiger partial charge on any atom is 0.257 e. The van der Waals surface area contributed by atoms with E-state index in [0.717, 1.165) is 27.9 Å². The molecule has 0 aliphatic carbocycles. The van der Waals surface area contributed by atoms with E-state index in [1.54, 1.807) is 6.07 Å². The third-order valence-electron chi connectivity index (χ3n) is 4.68. The number of nitrogens with zero attached hydrogens (tertiary/aromatic N) is 1. The normalized spacial score (nSPS) is 10.4. The number of rotatable bonds is 5. The molecule has 28 heavy (non-hydrogen) atoms. The van der Waals surface area contributed by atoms with Crippen LogP contribution >= 0.6 is 0 Å². The summed E-state index contributed by atoms with van der Waals surface area (Å²) in [5.74, 6) is -0.559. The summed E-state index contributed by atoms with van der Waals surface area (Å²) in [5, 5.41) is 5.80. The number of aromatic nitrogens is 1. The number of anilines is 1. The Morgan fingerprint density at radius 3 is 2.11 bits per heavy atom. The van der Waals surface area contributed by atoms with Gasteiger partial charge in [-0.15, -0.1) is 0 Å². The number of para-hydroxylation sites is 1. The Labute approximate surface area is 164 Å². The smallest absolute Gasteiger partial charge is 0.257 e. The number of carbonyl (C=O) groups is 2. The Hall–Kier alpha value is -3.47. The van der Waals surface area contributed by atoms with Crippen LogP contribution in [-0.2, 0) is 6.54 Å². The van der Waals surface area contributed by atoms with E-state index in [4.69, 9.17) is 0 Å². The molecule has 0 saturated carbocycles. The molecule has 0 radical (unpaired) electrons. The molecule has 0 saturated heterocycles. The fourth-order valence-corrected chi connectivity index (χ4v) is 2.97. The highest BCUT2D eigenvalue weighted by Crippen LogP contribution is 2.20. The first-order valence-electron chi connectivity index (χ1n) is 9.11. The molecule has 5 nitrogen and oxygen atoms in total. The van der Waals surface area contributed by atoms with Gasteiger partial charge >= 0.3 is 0 Å². The summed E-state index contributed by atoms with van der Waals surface area (Å²) in [7, 11) is 0. The van der Waals surface area contributed by atoms with Crippen LogP contribution < -0.4 is 10.6 Å². The average Bonchev–Trinajstić information content (AvgIpc) is 2.70. The molecule has 3 rings (SSSR count). The van der Waals surface area contributed by atoms with Crippen molar-refractivity contribution in [3.63, 3.8) is 0 Å². The molecule has 0 atom stereocenters. The molecule has 2 aromatic carbocycles. The van der Waals surface area contributed by atoms with E-state index in [0.29, 0.717) is 17.7 Å². The summed E-state index contributed by atoms with van der Waals surface area (Å²) in [6.45, 7) is 6.30. The van der Waals surface area contributed by atoms with Gasteiger partial charge in [-0.25, -0.2) is 0 Å². The molecular weight excluding hydrogens is 350 g/mol. The largest absolute Gasteiger partial charge is 0.348 e. The van der Waals surface area contributed by atoms with Gasteiger partial charge in [0.2, 0.25) is 0 Å². The highest BCUT2D eigenvalue weighted by Gasteiger charge is 2.13. The number of nitrogens with one attached hydrogen (secondary N) is 2. The van der Waals surface area contributed by atoms with E-state index in [-0.39, 0.29) is 11.8 Å². The quantitative estimate of drug-likeness (QED) is 0.704. The fraction of sp³-hybridized carbons (Fsp3) is 0.174. The maximum absolute atomic E-state index is 12.6. The zero-order valence-corrected chi connectivity index (χ0v) is 16.2. The average molecular weight is 373 g/mol. The van der Waals surface area contributed by atoms with Crippen LogP contribution in [0.1, 0.15) is 43.0 Å². The first-order valence-corrected chi connectivity index (χ1v) is 9.11. The number of benzene rings is 2. The van der Waals surface area contributed by atoms with Gasteiger partial charge in [0.1, 0.15) is 0 Å². The molecule has 3 aromatic rings. The van der Waals surface area contributed by atoms with Crippen molar-refractivity contribution in [2.45, 2.75) is 27.3 Å². The Morgan fingerprint density at radius 1 is 0.821 bits per heavy atom. The zero-order valence-electron chi connectivity index (χ0n) is 16.2. The van der Waals surface area contributed by atoms with Crippen LogP contribution in [0.5, 0.6) is 0 Å². The van der Waals surface area contributed by atoms with Crippen molar-refractivity contribution in [1.82, 2.24) is 10.3 Å². The van der Waals surface area contributed by atoms with Crippen molar-refractivity contribution < 1.29 is 9.59 Å². The van der Waals surface area contributed by atoms with Gasteiger partial charge in [0.25, 0.3) is 11.8 Å². The Bertz CT molecular complexity index is 1010. The second-order valence-electron chi connectivity index (χ2n) is 6.79. The molecule has 0 bridgehead atoms. The lowest BCUT2D eigenvalue weighted by Gasteiger charge is -2.12. The zero-order chi connectivity index (χ0) is 20.1. The molecule has 0 aliphatic rings. The number of hydrogen-bond acceptors (Lipinski definition) is 3. The van der Waals surface area contributed by atoms with Crippen molar-refractivity contribution in [2.24, 2.45) is 0 Å². The second kappa shape index (κ2) is 8.48. The molecule has 142 valence electrons. The molecule has 0 unspecified atom stereocenters. The van der Waals surface area contributed by atoms with Gasteiger partial charge in [0, 0.05) is 24.6 Å². The van der Waals surface area contributed by atoms with E-state index in [2.05, 4.69) is 15.6 Å². The van der Waals surface area contributed by atoms with Gasteiger partial charge in [0.15, 0.2) is 0 Å². The molecule has 0 spiro atoms. The third kappa shape index (κ3) is 4.43. The van der Waals surface area contributed by atoms with Crippen LogP contribution in [0.2, 0.25) is 0 Å². The number of carbonyl (C=O) groups excluding carboxylic acids is 2.